The van der Waals surface area contributed by atoms with Crippen LogP contribution in [0, 0.1) is 0 Å². The van der Waals surface area contributed by atoms with Crippen molar-refractivity contribution in [3.05, 3.63) is 77.6 Å². The van der Waals surface area contributed by atoms with Crippen LogP contribution in [0.4, 0.5) is 0 Å². The fourth-order valence-corrected chi connectivity index (χ4v) is 5.95. The molecule has 10 heteroatoms. The average molecular weight is 528 g/mol. The number of carbonyl (C=O) groups is 1. The maximum Gasteiger partial charge on any atom is 0.254 e. The summed E-state index contributed by atoms with van der Waals surface area (Å²) in [6, 6.07) is 16.0. The minimum absolute atomic E-state index is 0.0494. The molecule has 0 aliphatic carbocycles. The second kappa shape index (κ2) is 12.4. The first-order valence-corrected chi connectivity index (χ1v) is 13.9. The maximum absolute atomic E-state index is 13.5. The number of amides is 1. The van der Waals surface area contributed by atoms with Crippen molar-refractivity contribution in [2.45, 2.75) is 42.9 Å². The van der Waals surface area contributed by atoms with Gasteiger partial charge in [0.05, 0.1) is 44.0 Å². The molecule has 0 bridgehead atoms. The molecule has 37 heavy (non-hydrogen) atoms. The van der Waals surface area contributed by atoms with Crippen LogP contribution in [0.15, 0.2) is 66.0 Å². The number of rotatable bonds is 12. The van der Waals surface area contributed by atoms with Crippen LogP contribution in [0.1, 0.15) is 34.5 Å². The molecule has 4 rings (SSSR count). The molecule has 0 radical (unpaired) electrons. The van der Waals surface area contributed by atoms with E-state index in [9.17, 15) is 13.2 Å². The van der Waals surface area contributed by atoms with Crippen molar-refractivity contribution in [1.29, 1.82) is 0 Å². The number of nitrogens with zero attached hydrogens (tertiary/aromatic N) is 3. The highest BCUT2D eigenvalue weighted by atomic mass is 32.2. The second-order valence-electron chi connectivity index (χ2n) is 8.97. The lowest BCUT2D eigenvalue weighted by Crippen LogP contribution is -2.37. The molecule has 1 aliphatic rings. The number of imidazole rings is 1. The van der Waals surface area contributed by atoms with Crippen LogP contribution in [0.2, 0.25) is 0 Å². The van der Waals surface area contributed by atoms with E-state index in [4.69, 9.17) is 14.2 Å². The molecular weight excluding hydrogens is 494 g/mol. The number of carbonyl (C=O) groups excluding carboxylic acids is 1. The highest BCUT2D eigenvalue weighted by Gasteiger charge is 2.28. The summed E-state index contributed by atoms with van der Waals surface area (Å²) in [5, 5.41) is -0.0494. The first-order valence-electron chi connectivity index (χ1n) is 12.3. The van der Waals surface area contributed by atoms with E-state index in [0.717, 1.165) is 12.8 Å². The van der Waals surface area contributed by atoms with Crippen molar-refractivity contribution in [3.8, 4) is 5.75 Å². The first kappa shape index (κ1) is 26.8. The number of benzene rings is 2. The highest BCUT2D eigenvalue weighted by molar-refractivity contribution is 7.90. The minimum atomic E-state index is -3.80. The zero-order valence-corrected chi connectivity index (χ0v) is 22.0. The van der Waals surface area contributed by atoms with E-state index in [0.29, 0.717) is 42.3 Å². The van der Waals surface area contributed by atoms with Crippen LogP contribution in [0.5, 0.6) is 5.75 Å². The molecule has 9 nitrogen and oxygen atoms in total. The predicted octanol–water partition coefficient (Wildman–Crippen LogP) is 3.33. The molecule has 2 heterocycles. The number of hydrogen-bond donors (Lipinski definition) is 0. The standard InChI is InChI=1S/C27H33N3O6S/c1-34-15-13-30-23(17-28-27(30)37(32,33)20-21-8-6-11-24(16-21)35-2)18-29(19-25-12-7-14-36-25)26(31)22-9-4-3-5-10-22/h3-6,8-11,16-17,25H,7,12-15,18-20H2,1-2H3/t25-/m1/s1. The second-order valence-corrected chi connectivity index (χ2v) is 10.9. The fraction of sp³-hybridized carbons (Fsp3) is 0.407. The Morgan fingerprint density at radius 1 is 1.16 bits per heavy atom. The van der Waals surface area contributed by atoms with Gasteiger partial charge in [-0.15, -0.1) is 0 Å². The number of aromatic nitrogens is 2. The Hall–Kier alpha value is -3.21. The van der Waals surface area contributed by atoms with Crippen LogP contribution in [0.3, 0.4) is 0 Å². The molecule has 198 valence electrons. The Morgan fingerprint density at radius 2 is 1.97 bits per heavy atom. The summed E-state index contributed by atoms with van der Waals surface area (Å²) in [5.41, 5.74) is 1.78. The van der Waals surface area contributed by atoms with Crippen LogP contribution >= 0.6 is 0 Å². The van der Waals surface area contributed by atoms with Gasteiger partial charge in [-0.3, -0.25) is 4.79 Å². The summed E-state index contributed by atoms with van der Waals surface area (Å²) in [7, 11) is -0.699. The van der Waals surface area contributed by atoms with Crippen molar-refractivity contribution in [3.63, 3.8) is 0 Å². The zero-order chi connectivity index (χ0) is 26.3. The van der Waals surface area contributed by atoms with Gasteiger partial charge in [0.1, 0.15) is 5.75 Å². The van der Waals surface area contributed by atoms with Crippen molar-refractivity contribution < 1.29 is 27.4 Å². The summed E-state index contributed by atoms with van der Waals surface area (Å²) in [5.74, 6) is 0.215. The monoisotopic (exact) mass is 527 g/mol. The van der Waals surface area contributed by atoms with Gasteiger partial charge in [-0.1, -0.05) is 30.3 Å². The molecule has 0 spiro atoms. The lowest BCUT2D eigenvalue weighted by atomic mass is 10.1. The lowest BCUT2D eigenvalue weighted by molar-refractivity contribution is 0.0500. The topological polar surface area (TPSA) is 100.0 Å². The van der Waals surface area contributed by atoms with Crippen LogP contribution in [0.25, 0.3) is 0 Å². The number of ether oxygens (including phenoxy) is 3. The van der Waals surface area contributed by atoms with Gasteiger partial charge in [0.25, 0.3) is 5.91 Å². The molecule has 1 aromatic heterocycles. The maximum atomic E-state index is 13.5. The number of methoxy groups -OCH3 is 2. The highest BCUT2D eigenvalue weighted by Crippen LogP contribution is 2.23. The molecule has 2 aromatic carbocycles. The average Bonchev–Trinajstić information content (AvgIpc) is 3.57. The Kier molecular flexibility index (Phi) is 8.96. The zero-order valence-electron chi connectivity index (χ0n) is 21.2. The van der Waals surface area contributed by atoms with Gasteiger partial charge in [0.15, 0.2) is 0 Å². The molecule has 1 saturated heterocycles. The van der Waals surface area contributed by atoms with Crippen molar-refractivity contribution >= 4 is 15.7 Å². The summed E-state index contributed by atoms with van der Waals surface area (Å²) in [6.07, 6.45) is 3.31. The van der Waals surface area contributed by atoms with Gasteiger partial charge in [-0.05, 0) is 42.7 Å². The molecule has 1 amide bonds. The lowest BCUT2D eigenvalue weighted by Gasteiger charge is -2.26. The molecule has 0 unspecified atom stereocenters. The normalized spacial score (nSPS) is 15.6. The van der Waals surface area contributed by atoms with Gasteiger partial charge in [0, 0.05) is 32.4 Å². The molecular formula is C27H33N3O6S. The molecule has 1 fully saturated rings. The van der Waals surface area contributed by atoms with E-state index in [1.165, 1.54) is 13.3 Å². The SMILES string of the molecule is COCCn1c(CN(C[C@H]2CCCO2)C(=O)c2ccccc2)cnc1S(=O)(=O)Cc1cccc(OC)c1. The van der Waals surface area contributed by atoms with Gasteiger partial charge >= 0.3 is 0 Å². The smallest absolute Gasteiger partial charge is 0.254 e. The molecule has 0 saturated carbocycles. The van der Waals surface area contributed by atoms with E-state index in [1.807, 2.05) is 18.2 Å². The van der Waals surface area contributed by atoms with E-state index >= 15 is 0 Å². The third-order valence-corrected chi connectivity index (χ3v) is 7.89. The van der Waals surface area contributed by atoms with Crippen LogP contribution in [-0.4, -0.2) is 68.9 Å². The van der Waals surface area contributed by atoms with Gasteiger partial charge in [0.2, 0.25) is 15.0 Å². The van der Waals surface area contributed by atoms with Crippen molar-refractivity contribution in [2.75, 3.05) is 34.0 Å². The Morgan fingerprint density at radius 3 is 2.68 bits per heavy atom. The summed E-state index contributed by atoms with van der Waals surface area (Å²) >= 11 is 0. The predicted molar refractivity (Wildman–Crippen MR) is 138 cm³/mol. The third-order valence-electron chi connectivity index (χ3n) is 6.30. The molecule has 1 aliphatic heterocycles. The van der Waals surface area contributed by atoms with Crippen molar-refractivity contribution in [1.82, 2.24) is 14.5 Å². The molecule has 3 aromatic rings. The van der Waals surface area contributed by atoms with E-state index in [2.05, 4.69) is 4.98 Å². The Balaban J connectivity index is 1.64. The van der Waals surface area contributed by atoms with Crippen LogP contribution < -0.4 is 4.74 Å². The summed E-state index contributed by atoms with van der Waals surface area (Å²) < 4.78 is 44.8. The summed E-state index contributed by atoms with van der Waals surface area (Å²) in [6.45, 7) is 1.86. The Labute approximate surface area is 217 Å². The quantitative estimate of drug-likeness (QED) is 0.356. The fourth-order valence-electron chi connectivity index (χ4n) is 4.45. The first-order chi connectivity index (χ1) is 17.9. The minimum Gasteiger partial charge on any atom is -0.497 e. The van der Waals surface area contributed by atoms with Gasteiger partial charge in [-0.25, -0.2) is 13.4 Å². The molecule has 0 N–H and O–H groups in total. The third kappa shape index (κ3) is 6.76. The van der Waals surface area contributed by atoms with Crippen molar-refractivity contribution in [2.24, 2.45) is 0 Å². The van der Waals surface area contributed by atoms with Crippen LogP contribution in [-0.2, 0) is 38.2 Å². The van der Waals surface area contributed by atoms with Gasteiger partial charge in [-0.2, -0.15) is 0 Å². The van der Waals surface area contributed by atoms with E-state index < -0.39 is 9.84 Å². The number of sulfone groups is 1. The van der Waals surface area contributed by atoms with E-state index in [-0.39, 0.29) is 36.0 Å². The van der Waals surface area contributed by atoms with E-state index in [1.54, 1.807) is 53.0 Å². The Bertz CT molecular complexity index is 1290. The largest absolute Gasteiger partial charge is 0.497 e. The summed E-state index contributed by atoms with van der Waals surface area (Å²) in [4.78, 5) is 19.5. The molecule has 1 atom stereocenters. The van der Waals surface area contributed by atoms with Gasteiger partial charge < -0.3 is 23.7 Å². The number of hydrogen-bond acceptors (Lipinski definition) is 7.